The molecule has 0 radical (unpaired) electrons. The number of hydrogen-bond acceptors (Lipinski definition) is 3. The number of aromatic nitrogens is 3. The van der Waals surface area contributed by atoms with Crippen LogP contribution in [0.3, 0.4) is 0 Å². The van der Waals surface area contributed by atoms with E-state index in [1.165, 1.54) is 4.68 Å². The molecule has 4 nitrogen and oxygen atoms in total. The molecular weight excluding hydrogens is 236 g/mol. The summed E-state index contributed by atoms with van der Waals surface area (Å²) in [5, 5.41) is 7.22. The van der Waals surface area contributed by atoms with Gasteiger partial charge in [0.25, 0.3) is 0 Å². The number of nitrogens with zero attached hydrogens (tertiary/aromatic N) is 3. The van der Waals surface area contributed by atoms with Crippen molar-refractivity contribution in [1.29, 1.82) is 0 Å². The van der Waals surface area contributed by atoms with E-state index in [2.05, 4.69) is 10.3 Å². The zero-order chi connectivity index (χ0) is 10.1. The van der Waals surface area contributed by atoms with Gasteiger partial charge in [-0.25, -0.2) is 4.68 Å². The predicted octanol–water partition coefficient (Wildman–Crippen LogP) is 1.94. The highest BCUT2D eigenvalue weighted by Crippen LogP contribution is 2.38. The Morgan fingerprint density at radius 3 is 2.54 bits per heavy atom. The van der Waals surface area contributed by atoms with Crippen LogP contribution in [-0.2, 0) is 10.3 Å². The molecule has 1 aromatic rings. The van der Waals surface area contributed by atoms with E-state index < -0.39 is 3.79 Å². The third kappa shape index (κ3) is 2.13. The van der Waals surface area contributed by atoms with Crippen LogP contribution in [0.4, 0.5) is 0 Å². The first-order chi connectivity index (χ1) is 6.00. The highest BCUT2D eigenvalue weighted by Gasteiger charge is 2.31. The number of hydrogen-bond donors (Lipinski definition) is 0. The van der Waals surface area contributed by atoms with E-state index in [0.29, 0.717) is 12.8 Å². The van der Waals surface area contributed by atoms with Gasteiger partial charge in [0.05, 0.1) is 0 Å². The molecule has 0 aliphatic rings. The van der Waals surface area contributed by atoms with Crippen LogP contribution in [0.1, 0.15) is 23.1 Å². The zero-order valence-electron chi connectivity index (χ0n) is 6.67. The maximum Gasteiger partial charge on any atom is 0.234 e. The lowest BCUT2D eigenvalue weighted by atomic mass is 10.3. The molecule has 0 fully saturated rings. The van der Waals surface area contributed by atoms with E-state index in [4.69, 9.17) is 34.8 Å². The summed E-state index contributed by atoms with van der Waals surface area (Å²) in [6.45, 7) is 2.30. The van der Waals surface area contributed by atoms with E-state index in [1.807, 2.05) is 6.92 Å². The van der Waals surface area contributed by atoms with Crippen molar-refractivity contribution < 1.29 is 4.79 Å². The third-order valence-corrected chi connectivity index (χ3v) is 1.98. The Morgan fingerprint density at radius 2 is 2.15 bits per heavy atom. The van der Waals surface area contributed by atoms with Crippen LogP contribution < -0.4 is 0 Å². The highest BCUT2D eigenvalue weighted by molar-refractivity contribution is 6.66. The lowest BCUT2D eigenvalue weighted by Gasteiger charge is -2.11. The van der Waals surface area contributed by atoms with E-state index in [1.54, 1.807) is 0 Å². The van der Waals surface area contributed by atoms with Crippen LogP contribution in [0.25, 0.3) is 0 Å². The largest absolute Gasteiger partial charge is 0.296 e. The Hall–Kier alpha value is -0.320. The molecule has 0 aliphatic heterocycles. The SMILES string of the molecule is CCn1nnc(C=O)c1C(Cl)(Cl)Cl. The van der Waals surface area contributed by atoms with Crippen molar-refractivity contribution in [3.05, 3.63) is 11.4 Å². The van der Waals surface area contributed by atoms with Crippen molar-refractivity contribution in [3.8, 4) is 0 Å². The molecule has 13 heavy (non-hydrogen) atoms. The van der Waals surface area contributed by atoms with E-state index in [-0.39, 0.29) is 11.4 Å². The molecule has 0 N–H and O–H groups in total. The molecule has 1 aromatic heterocycles. The van der Waals surface area contributed by atoms with Crippen LogP contribution in [0.15, 0.2) is 0 Å². The summed E-state index contributed by atoms with van der Waals surface area (Å²) in [5.41, 5.74) is 0.261. The first-order valence-corrected chi connectivity index (χ1v) is 4.60. The molecule has 0 aliphatic carbocycles. The highest BCUT2D eigenvalue weighted by atomic mass is 35.6. The number of halogens is 3. The molecule has 0 amide bonds. The Bertz CT molecular complexity index is 317. The Labute approximate surface area is 89.8 Å². The lowest BCUT2D eigenvalue weighted by molar-refractivity contribution is 0.111. The lowest BCUT2D eigenvalue weighted by Crippen LogP contribution is -2.12. The van der Waals surface area contributed by atoms with Crippen LogP contribution in [0.2, 0.25) is 0 Å². The van der Waals surface area contributed by atoms with Crippen molar-refractivity contribution in [1.82, 2.24) is 15.0 Å². The molecule has 1 heterocycles. The molecule has 0 aromatic carbocycles. The topological polar surface area (TPSA) is 47.8 Å². The number of aryl methyl sites for hydroxylation is 1. The predicted molar refractivity (Wildman–Crippen MR) is 50.3 cm³/mol. The van der Waals surface area contributed by atoms with Crippen LogP contribution in [0.5, 0.6) is 0 Å². The van der Waals surface area contributed by atoms with E-state index >= 15 is 0 Å². The molecule has 0 spiro atoms. The van der Waals surface area contributed by atoms with Gasteiger partial charge in [-0.15, -0.1) is 5.10 Å². The van der Waals surface area contributed by atoms with Gasteiger partial charge in [-0.05, 0) is 6.92 Å². The van der Waals surface area contributed by atoms with Gasteiger partial charge in [-0.1, -0.05) is 40.0 Å². The minimum atomic E-state index is -1.67. The van der Waals surface area contributed by atoms with Crippen molar-refractivity contribution >= 4 is 41.1 Å². The summed E-state index contributed by atoms with van der Waals surface area (Å²) in [6.07, 6.45) is 0.510. The summed E-state index contributed by atoms with van der Waals surface area (Å²) in [4.78, 5) is 10.5. The van der Waals surface area contributed by atoms with Crippen LogP contribution in [0, 0.1) is 0 Å². The number of alkyl halides is 3. The molecule has 0 saturated heterocycles. The standard InChI is InChI=1S/C6H6Cl3N3O/c1-2-12-5(6(7,8)9)4(3-13)10-11-12/h3H,2H2,1H3. The van der Waals surface area contributed by atoms with Gasteiger partial charge in [-0.3, -0.25) is 4.79 Å². The summed E-state index contributed by atoms with van der Waals surface area (Å²) < 4.78 is -0.299. The van der Waals surface area contributed by atoms with Gasteiger partial charge in [-0.2, -0.15) is 0 Å². The van der Waals surface area contributed by atoms with Gasteiger partial charge in [0, 0.05) is 6.54 Å². The molecule has 0 atom stereocenters. The van der Waals surface area contributed by atoms with Crippen LogP contribution >= 0.6 is 34.8 Å². The molecule has 1 rings (SSSR count). The van der Waals surface area contributed by atoms with Gasteiger partial charge in [0.15, 0.2) is 12.0 Å². The molecule has 7 heteroatoms. The average molecular weight is 242 g/mol. The molecule has 0 unspecified atom stereocenters. The first-order valence-electron chi connectivity index (χ1n) is 3.46. The second-order valence-electron chi connectivity index (χ2n) is 2.25. The monoisotopic (exact) mass is 241 g/mol. The summed E-state index contributed by atoms with van der Waals surface area (Å²) in [5.74, 6) is 0. The van der Waals surface area contributed by atoms with Gasteiger partial charge in [0.1, 0.15) is 5.69 Å². The van der Waals surface area contributed by atoms with Crippen LogP contribution in [-0.4, -0.2) is 21.3 Å². The van der Waals surface area contributed by atoms with Crippen molar-refractivity contribution in [2.24, 2.45) is 0 Å². The average Bonchev–Trinajstić information content (AvgIpc) is 2.45. The van der Waals surface area contributed by atoms with E-state index in [0.717, 1.165) is 0 Å². The Kier molecular flexibility index (Phi) is 3.16. The van der Waals surface area contributed by atoms with Crippen molar-refractivity contribution in [2.75, 3.05) is 0 Å². The van der Waals surface area contributed by atoms with Crippen molar-refractivity contribution in [3.63, 3.8) is 0 Å². The van der Waals surface area contributed by atoms with Gasteiger partial charge in [0.2, 0.25) is 3.79 Å². The number of aldehydes is 1. The molecule has 0 bridgehead atoms. The summed E-state index contributed by atoms with van der Waals surface area (Å²) in [7, 11) is 0. The van der Waals surface area contributed by atoms with E-state index in [9.17, 15) is 4.79 Å². The molecular formula is C6H6Cl3N3O. The Morgan fingerprint density at radius 1 is 1.54 bits per heavy atom. The Balaban J connectivity index is 3.28. The second-order valence-corrected chi connectivity index (χ2v) is 4.54. The normalized spacial score (nSPS) is 11.7. The quantitative estimate of drug-likeness (QED) is 0.588. The smallest absolute Gasteiger partial charge is 0.234 e. The minimum Gasteiger partial charge on any atom is -0.296 e. The first kappa shape index (κ1) is 10.8. The fourth-order valence-corrected chi connectivity index (χ4v) is 1.50. The van der Waals surface area contributed by atoms with Gasteiger partial charge < -0.3 is 0 Å². The molecule has 0 saturated carbocycles. The summed E-state index contributed by atoms with van der Waals surface area (Å²) in [6, 6.07) is 0. The fraction of sp³-hybridized carbons (Fsp3) is 0.500. The molecule has 72 valence electrons. The minimum absolute atomic E-state index is 0.0573. The maximum absolute atomic E-state index is 10.5. The number of rotatable bonds is 2. The van der Waals surface area contributed by atoms with Gasteiger partial charge >= 0.3 is 0 Å². The fourth-order valence-electron chi connectivity index (χ4n) is 0.919. The summed E-state index contributed by atoms with van der Waals surface area (Å²) >= 11 is 16.9. The zero-order valence-corrected chi connectivity index (χ0v) is 8.94. The second kappa shape index (κ2) is 3.82. The number of carbonyl (C=O) groups excluding carboxylic acids is 1. The number of carbonyl (C=O) groups is 1. The van der Waals surface area contributed by atoms with Crippen molar-refractivity contribution in [2.45, 2.75) is 17.3 Å². The third-order valence-electron chi connectivity index (χ3n) is 1.44. The maximum atomic E-state index is 10.5.